The number of nitrogens with zero attached hydrogens (tertiary/aromatic N) is 4. The lowest BCUT2D eigenvalue weighted by atomic mass is 10.2. The molecular formula is C23H22ClN5O2. The van der Waals surface area contributed by atoms with Crippen molar-refractivity contribution in [1.82, 2.24) is 19.9 Å². The SMILES string of the molecule is COCCOCc1nc(Nc2cccc(C)c2)c2ccc(-c3ncccc3Cl)nc2n1. The zero-order valence-electron chi connectivity index (χ0n) is 17.3. The Kier molecular flexibility index (Phi) is 6.66. The normalized spacial score (nSPS) is 11.1. The molecule has 0 aliphatic heterocycles. The lowest BCUT2D eigenvalue weighted by Gasteiger charge is -2.12. The van der Waals surface area contributed by atoms with Gasteiger partial charge in [0, 0.05) is 19.0 Å². The number of rotatable bonds is 8. The van der Waals surface area contributed by atoms with Crippen LogP contribution >= 0.6 is 11.6 Å². The van der Waals surface area contributed by atoms with Gasteiger partial charge in [-0.15, -0.1) is 0 Å². The number of hydrogen-bond donors (Lipinski definition) is 1. The number of pyridine rings is 2. The van der Waals surface area contributed by atoms with Crippen molar-refractivity contribution >= 4 is 34.1 Å². The van der Waals surface area contributed by atoms with Crippen molar-refractivity contribution in [3.05, 3.63) is 71.1 Å². The Morgan fingerprint density at radius 3 is 2.71 bits per heavy atom. The number of nitrogens with one attached hydrogen (secondary N) is 1. The molecular weight excluding hydrogens is 414 g/mol. The highest BCUT2D eigenvalue weighted by molar-refractivity contribution is 6.32. The first-order valence-corrected chi connectivity index (χ1v) is 10.2. The van der Waals surface area contributed by atoms with Gasteiger partial charge in [-0.25, -0.2) is 15.0 Å². The van der Waals surface area contributed by atoms with Crippen molar-refractivity contribution in [2.75, 3.05) is 25.6 Å². The summed E-state index contributed by atoms with van der Waals surface area (Å²) in [6.45, 7) is 3.25. The largest absolute Gasteiger partial charge is 0.382 e. The van der Waals surface area contributed by atoms with Crippen LogP contribution in [0.4, 0.5) is 11.5 Å². The van der Waals surface area contributed by atoms with E-state index in [2.05, 4.69) is 26.3 Å². The number of anilines is 2. The Balaban J connectivity index is 1.75. The van der Waals surface area contributed by atoms with E-state index in [4.69, 9.17) is 26.1 Å². The Hall–Kier alpha value is -3.13. The fraction of sp³-hybridized carbons (Fsp3) is 0.217. The molecule has 1 aromatic carbocycles. The van der Waals surface area contributed by atoms with Gasteiger partial charge in [0.25, 0.3) is 0 Å². The molecule has 0 spiro atoms. The van der Waals surface area contributed by atoms with E-state index < -0.39 is 0 Å². The summed E-state index contributed by atoms with van der Waals surface area (Å²) in [5.41, 5.74) is 3.87. The molecule has 1 N–H and O–H groups in total. The third kappa shape index (κ3) is 5.14. The van der Waals surface area contributed by atoms with Gasteiger partial charge in [-0.1, -0.05) is 23.7 Å². The van der Waals surface area contributed by atoms with Crippen LogP contribution in [0.2, 0.25) is 5.02 Å². The molecule has 8 heteroatoms. The van der Waals surface area contributed by atoms with Crippen LogP contribution < -0.4 is 5.32 Å². The zero-order valence-corrected chi connectivity index (χ0v) is 18.1. The lowest BCUT2D eigenvalue weighted by Crippen LogP contribution is -2.07. The molecule has 31 heavy (non-hydrogen) atoms. The van der Waals surface area contributed by atoms with Crippen LogP contribution in [-0.4, -0.2) is 40.3 Å². The summed E-state index contributed by atoms with van der Waals surface area (Å²) in [6, 6.07) is 15.5. The number of aromatic nitrogens is 4. The van der Waals surface area contributed by atoms with Gasteiger partial charge in [-0.05, 0) is 48.9 Å². The molecule has 7 nitrogen and oxygen atoms in total. The van der Waals surface area contributed by atoms with E-state index in [-0.39, 0.29) is 6.61 Å². The maximum Gasteiger partial charge on any atom is 0.165 e. The molecule has 0 radical (unpaired) electrons. The van der Waals surface area contributed by atoms with Gasteiger partial charge >= 0.3 is 0 Å². The smallest absolute Gasteiger partial charge is 0.165 e. The van der Waals surface area contributed by atoms with Gasteiger partial charge < -0.3 is 14.8 Å². The summed E-state index contributed by atoms with van der Waals surface area (Å²) in [5, 5.41) is 4.71. The molecule has 4 aromatic rings. The van der Waals surface area contributed by atoms with Crippen molar-refractivity contribution < 1.29 is 9.47 Å². The number of methoxy groups -OCH3 is 1. The van der Waals surface area contributed by atoms with Crippen LogP contribution in [0, 0.1) is 6.92 Å². The number of hydrogen-bond acceptors (Lipinski definition) is 7. The van der Waals surface area contributed by atoms with Gasteiger partial charge in [0.2, 0.25) is 0 Å². The number of ether oxygens (including phenoxy) is 2. The third-order valence-electron chi connectivity index (χ3n) is 4.55. The first-order valence-electron chi connectivity index (χ1n) is 9.83. The molecule has 0 bridgehead atoms. The Labute approximate surface area is 185 Å². The molecule has 0 saturated carbocycles. The maximum atomic E-state index is 6.31. The van der Waals surface area contributed by atoms with Crippen molar-refractivity contribution in [1.29, 1.82) is 0 Å². The molecule has 158 valence electrons. The summed E-state index contributed by atoms with van der Waals surface area (Å²) in [7, 11) is 1.63. The Morgan fingerprint density at radius 1 is 1.00 bits per heavy atom. The average molecular weight is 436 g/mol. The third-order valence-corrected chi connectivity index (χ3v) is 4.86. The predicted molar refractivity (Wildman–Crippen MR) is 122 cm³/mol. The summed E-state index contributed by atoms with van der Waals surface area (Å²) >= 11 is 6.31. The van der Waals surface area contributed by atoms with Gasteiger partial charge in [-0.3, -0.25) is 4.98 Å². The molecule has 0 aliphatic rings. The van der Waals surface area contributed by atoms with Crippen LogP contribution in [-0.2, 0) is 16.1 Å². The van der Waals surface area contributed by atoms with Crippen LogP contribution in [0.3, 0.4) is 0 Å². The summed E-state index contributed by atoms with van der Waals surface area (Å²) < 4.78 is 10.7. The molecule has 4 rings (SSSR count). The second-order valence-corrected chi connectivity index (χ2v) is 7.34. The Bertz CT molecular complexity index is 1200. The average Bonchev–Trinajstić information content (AvgIpc) is 2.77. The van der Waals surface area contributed by atoms with E-state index in [1.807, 2.05) is 37.3 Å². The van der Waals surface area contributed by atoms with Crippen LogP contribution in [0.1, 0.15) is 11.4 Å². The standard InChI is InChI=1S/C23H22ClN5O2/c1-15-5-3-6-16(13-15)26-22-17-8-9-19(21-18(24)7-4-10-25-21)27-23(17)29-20(28-22)14-31-12-11-30-2/h3-10,13H,11-12,14H2,1-2H3,(H,26,27,28,29). The minimum Gasteiger partial charge on any atom is -0.382 e. The number of fused-ring (bicyclic) bond motifs is 1. The highest BCUT2D eigenvalue weighted by Gasteiger charge is 2.13. The molecule has 3 heterocycles. The summed E-state index contributed by atoms with van der Waals surface area (Å²) in [6.07, 6.45) is 1.69. The van der Waals surface area contributed by atoms with Crippen LogP contribution in [0.5, 0.6) is 0 Å². The van der Waals surface area contributed by atoms with E-state index in [0.29, 0.717) is 46.9 Å². The first kappa shape index (κ1) is 21.1. The molecule has 0 saturated heterocycles. The number of aryl methyl sites for hydroxylation is 1. The predicted octanol–water partition coefficient (Wildman–Crippen LogP) is 4.96. The van der Waals surface area contributed by atoms with E-state index in [1.165, 1.54) is 0 Å². The van der Waals surface area contributed by atoms with Crippen molar-refractivity contribution in [3.8, 4) is 11.4 Å². The topological polar surface area (TPSA) is 82.0 Å². The van der Waals surface area contributed by atoms with Gasteiger partial charge in [0.1, 0.15) is 18.1 Å². The molecule has 3 aromatic heterocycles. The second-order valence-electron chi connectivity index (χ2n) is 6.93. The monoisotopic (exact) mass is 435 g/mol. The molecule has 0 atom stereocenters. The summed E-state index contributed by atoms with van der Waals surface area (Å²) in [5.74, 6) is 1.18. The van der Waals surface area contributed by atoms with Gasteiger partial charge in [0.05, 0.1) is 29.3 Å². The number of benzene rings is 1. The quantitative estimate of drug-likeness (QED) is 0.392. The van der Waals surface area contributed by atoms with E-state index in [1.54, 1.807) is 25.4 Å². The molecule has 0 amide bonds. The maximum absolute atomic E-state index is 6.31. The minimum atomic E-state index is 0.248. The highest BCUT2D eigenvalue weighted by atomic mass is 35.5. The molecule has 0 fully saturated rings. The highest BCUT2D eigenvalue weighted by Crippen LogP contribution is 2.28. The van der Waals surface area contributed by atoms with E-state index in [9.17, 15) is 0 Å². The van der Waals surface area contributed by atoms with E-state index in [0.717, 1.165) is 16.6 Å². The first-order chi connectivity index (χ1) is 15.1. The van der Waals surface area contributed by atoms with Crippen molar-refractivity contribution in [3.63, 3.8) is 0 Å². The number of halogens is 1. The Morgan fingerprint density at radius 2 is 1.90 bits per heavy atom. The molecule has 0 unspecified atom stereocenters. The fourth-order valence-corrected chi connectivity index (χ4v) is 3.30. The van der Waals surface area contributed by atoms with Crippen LogP contribution in [0.25, 0.3) is 22.4 Å². The zero-order chi connectivity index (χ0) is 21.6. The van der Waals surface area contributed by atoms with Crippen molar-refractivity contribution in [2.24, 2.45) is 0 Å². The van der Waals surface area contributed by atoms with Crippen molar-refractivity contribution in [2.45, 2.75) is 13.5 Å². The van der Waals surface area contributed by atoms with E-state index >= 15 is 0 Å². The fourth-order valence-electron chi connectivity index (χ4n) is 3.09. The molecule has 0 aliphatic carbocycles. The van der Waals surface area contributed by atoms with Gasteiger partial charge in [0.15, 0.2) is 11.5 Å². The summed E-state index contributed by atoms with van der Waals surface area (Å²) in [4.78, 5) is 18.4. The van der Waals surface area contributed by atoms with Crippen LogP contribution in [0.15, 0.2) is 54.7 Å². The second kappa shape index (κ2) is 9.78. The lowest BCUT2D eigenvalue weighted by molar-refractivity contribution is 0.0588. The minimum absolute atomic E-state index is 0.248. The van der Waals surface area contributed by atoms with Gasteiger partial charge in [-0.2, -0.15) is 0 Å².